The van der Waals surface area contributed by atoms with E-state index in [4.69, 9.17) is 5.73 Å². The maximum atomic E-state index is 10.7. The van der Waals surface area contributed by atoms with Gasteiger partial charge in [-0.2, -0.15) is 11.8 Å². The molecule has 13 heavy (non-hydrogen) atoms. The second-order valence-corrected chi connectivity index (χ2v) is 4.71. The van der Waals surface area contributed by atoms with Crippen molar-refractivity contribution < 1.29 is 4.79 Å². The Morgan fingerprint density at radius 1 is 1.77 bits per heavy atom. The fourth-order valence-corrected chi connectivity index (χ4v) is 2.94. The molecule has 5 heteroatoms. The van der Waals surface area contributed by atoms with E-state index in [9.17, 15) is 4.79 Å². The van der Waals surface area contributed by atoms with Crippen molar-refractivity contribution >= 4 is 17.8 Å². The lowest BCUT2D eigenvalue weighted by molar-refractivity contribution is 0.134. The average molecular weight is 203 g/mol. The van der Waals surface area contributed by atoms with Gasteiger partial charge in [0.05, 0.1) is 0 Å². The van der Waals surface area contributed by atoms with Crippen molar-refractivity contribution in [2.75, 3.05) is 12.3 Å². The summed E-state index contributed by atoms with van der Waals surface area (Å²) >= 11 is 1.95. The average Bonchev–Trinajstić information content (AvgIpc) is 2.03. The number of urea groups is 1. The molecule has 1 aliphatic heterocycles. The maximum absolute atomic E-state index is 10.7. The van der Waals surface area contributed by atoms with Crippen LogP contribution in [-0.4, -0.2) is 34.6 Å². The smallest absolute Gasteiger partial charge is 0.326 e. The van der Waals surface area contributed by atoms with Crippen molar-refractivity contribution in [2.24, 2.45) is 5.73 Å². The van der Waals surface area contributed by atoms with Gasteiger partial charge < -0.3 is 5.73 Å². The first-order chi connectivity index (χ1) is 6.15. The number of hydrogen-bond donors (Lipinski definition) is 2. The predicted octanol–water partition coefficient (Wildman–Crippen LogP) is 0.786. The van der Waals surface area contributed by atoms with Gasteiger partial charge in [0.25, 0.3) is 0 Å². The molecule has 2 unspecified atom stereocenters. The Balaban J connectivity index is 2.53. The van der Waals surface area contributed by atoms with Gasteiger partial charge in [0.2, 0.25) is 0 Å². The standard InChI is InChI=1S/C8H17N3OS/c1-3-7-6(2)13-5-4-11(7)10-8(9)12/h6-7H,3-5H2,1-2H3,(H3,9,10,12). The molecule has 1 aliphatic rings. The van der Waals surface area contributed by atoms with Crippen LogP contribution in [0.15, 0.2) is 0 Å². The van der Waals surface area contributed by atoms with Gasteiger partial charge in [0, 0.05) is 23.6 Å². The first-order valence-electron chi connectivity index (χ1n) is 4.59. The van der Waals surface area contributed by atoms with Crippen LogP contribution in [0.1, 0.15) is 20.3 Å². The van der Waals surface area contributed by atoms with Gasteiger partial charge in [0.1, 0.15) is 0 Å². The second kappa shape index (κ2) is 4.72. The molecule has 1 saturated heterocycles. The van der Waals surface area contributed by atoms with Crippen LogP contribution in [0.2, 0.25) is 0 Å². The molecule has 0 aromatic rings. The van der Waals surface area contributed by atoms with Crippen molar-refractivity contribution in [1.82, 2.24) is 10.4 Å². The Morgan fingerprint density at radius 3 is 3.00 bits per heavy atom. The number of amides is 2. The number of carbonyl (C=O) groups excluding carboxylic acids is 1. The number of nitrogens with one attached hydrogen (secondary N) is 1. The number of nitrogens with zero attached hydrogens (tertiary/aromatic N) is 1. The van der Waals surface area contributed by atoms with Crippen molar-refractivity contribution in [2.45, 2.75) is 31.6 Å². The number of hydrazine groups is 1. The topological polar surface area (TPSA) is 58.4 Å². The summed E-state index contributed by atoms with van der Waals surface area (Å²) in [6.07, 6.45) is 1.04. The lowest BCUT2D eigenvalue weighted by atomic mass is 10.1. The zero-order valence-corrected chi connectivity index (χ0v) is 8.93. The molecule has 0 aliphatic carbocycles. The third-order valence-corrected chi connectivity index (χ3v) is 3.59. The largest absolute Gasteiger partial charge is 0.351 e. The lowest BCUT2D eigenvalue weighted by Crippen LogP contribution is -2.56. The van der Waals surface area contributed by atoms with E-state index in [1.807, 2.05) is 16.8 Å². The minimum atomic E-state index is -0.461. The van der Waals surface area contributed by atoms with Crippen LogP contribution < -0.4 is 11.2 Å². The Labute approximate surface area is 83.2 Å². The molecule has 0 bridgehead atoms. The molecule has 76 valence electrons. The zero-order valence-electron chi connectivity index (χ0n) is 8.12. The third kappa shape index (κ3) is 2.77. The van der Waals surface area contributed by atoms with Crippen LogP contribution in [0.25, 0.3) is 0 Å². The van der Waals surface area contributed by atoms with Crippen LogP contribution in [0.4, 0.5) is 4.79 Å². The van der Waals surface area contributed by atoms with Crippen molar-refractivity contribution in [1.29, 1.82) is 0 Å². The van der Waals surface area contributed by atoms with E-state index in [1.54, 1.807) is 0 Å². The van der Waals surface area contributed by atoms with Crippen LogP contribution >= 0.6 is 11.8 Å². The molecular weight excluding hydrogens is 186 g/mol. The summed E-state index contributed by atoms with van der Waals surface area (Å²) in [5, 5.41) is 2.52. The molecule has 0 radical (unpaired) electrons. The van der Waals surface area contributed by atoms with Gasteiger partial charge in [-0.1, -0.05) is 13.8 Å². The quantitative estimate of drug-likeness (QED) is 0.697. The molecule has 0 aromatic heterocycles. The molecular formula is C8H17N3OS. The van der Waals surface area contributed by atoms with E-state index in [0.29, 0.717) is 11.3 Å². The van der Waals surface area contributed by atoms with Crippen LogP contribution in [0.5, 0.6) is 0 Å². The Hall–Kier alpha value is -0.420. The lowest BCUT2D eigenvalue weighted by Gasteiger charge is -2.38. The minimum absolute atomic E-state index is 0.409. The highest BCUT2D eigenvalue weighted by Gasteiger charge is 2.28. The molecule has 1 heterocycles. The van der Waals surface area contributed by atoms with Crippen LogP contribution in [-0.2, 0) is 0 Å². The zero-order chi connectivity index (χ0) is 9.84. The van der Waals surface area contributed by atoms with Crippen LogP contribution in [0.3, 0.4) is 0 Å². The van der Waals surface area contributed by atoms with Gasteiger partial charge in [-0.15, -0.1) is 0 Å². The van der Waals surface area contributed by atoms with E-state index in [-0.39, 0.29) is 0 Å². The molecule has 0 spiro atoms. The van der Waals surface area contributed by atoms with Crippen molar-refractivity contribution in [3.05, 3.63) is 0 Å². The maximum Gasteiger partial charge on any atom is 0.326 e. The predicted molar refractivity (Wildman–Crippen MR) is 55.4 cm³/mol. The monoisotopic (exact) mass is 203 g/mol. The highest BCUT2D eigenvalue weighted by molar-refractivity contribution is 8.00. The molecule has 2 atom stereocenters. The molecule has 0 aromatic carbocycles. The summed E-state index contributed by atoms with van der Waals surface area (Å²) in [6.45, 7) is 5.20. The Morgan fingerprint density at radius 2 is 2.46 bits per heavy atom. The molecule has 3 N–H and O–H groups in total. The normalized spacial score (nSPS) is 30.0. The van der Waals surface area contributed by atoms with E-state index in [0.717, 1.165) is 18.7 Å². The summed E-state index contributed by atoms with van der Waals surface area (Å²) in [7, 11) is 0. The summed E-state index contributed by atoms with van der Waals surface area (Å²) in [4.78, 5) is 10.7. The summed E-state index contributed by atoms with van der Waals surface area (Å²) in [5.41, 5.74) is 7.76. The Bertz CT molecular complexity index is 188. The van der Waals surface area contributed by atoms with Gasteiger partial charge in [0.15, 0.2) is 0 Å². The summed E-state index contributed by atoms with van der Waals surface area (Å²) in [5.74, 6) is 1.05. The first-order valence-corrected chi connectivity index (χ1v) is 5.64. The van der Waals surface area contributed by atoms with E-state index >= 15 is 0 Å². The molecule has 2 amide bonds. The summed E-state index contributed by atoms with van der Waals surface area (Å²) in [6, 6.07) is -0.0520. The fourth-order valence-electron chi connectivity index (χ4n) is 1.70. The van der Waals surface area contributed by atoms with E-state index in [2.05, 4.69) is 19.3 Å². The molecule has 4 nitrogen and oxygen atoms in total. The molecule has 1 fully saturated rings. The number of primary amides is 1. The van der Waals surface area contributed by atoms with E-state index < -0.39 is 6.03 Å². The number of hydrogen-bond acceptors (Lipinski definition) is 3. The SMILES string of the molecule is CCC1C(C)SCCN1NC(N)=O. The fraction of sp³-hybridized carbons (Fsp3) is 0.875. The summed E-state index contributed by atoms with van der Waals surface area (Å²) < 4.78 is 0. The number of rotatable bonds is 2. The molecule has 0 saturated carbocycles. The highest BCUT2D eigenvalue weighted by atomic mass is 32.2. The second-order valence-electron chi connectivity index (χ2n) is 3.22. The van der Waals surface area contributed by atoms with Crippen LogP contribution in [0, 0.1) is 0 Å². The van der Waals surface area contributed by atoms with Gasteiger partial charge in [-0.05, 0) is 6.42 Å². The number of carbonyl (C=O) groups is 1. The number of nitrogens with two attached hydrogens (primary N) is 1. The van der Waals surface area contributed by atoms with Gasteiger partial charge in [-0.3, -0.25) is 5.43 Å². The van der Waals surface area contributed by atoms with E-state index in [1.165, 1.54) is 0 Å². The number of thioether (sulfide) groups is 1. The first kappa shape index (κ1) is 10.7. The highest BCUT2D eigenvalue weighted by Crippen LogP contribution is 2.24. The van der Waals surface area contributed by atoms with Gasteiger partial charge in [-0.25, -0.2) is 9.80 Å². The Kier molecular flexibility index (Phi) is 3.87. The third-order valence-electron chi connectivity index (χ3n) is 2.33. The minimum Gasteiger partial charge on any atom is -0.351 e. The van der Waals surface area contributed by atoms with Crippen molar-refractivity contribution in [3.8, 4) is 0 Å². The van der Waals surface area contributed by atoms with Crippen molar-refractivity contribution in [3.63, 3.8) is 0 Å². The molecule has 1 rings (SSSR count). The van der Waals surface area contributed by atoms with Gasteiger partial charge >= 0.3 is 6.03 Å².